The molecule has 0 aromatic heterocycles. The molecule has 0 N–H and O–H groups in total. The Balaban J connectivity index is 2.14. The highest BCUT2D eigenvalue weighted by Crippen LogP contribution is 2.42. The summed E-state index contributed by atoms with van der Waals surface area (Å²) in [4.78, 5) is 13.9. The van der Waals surface area contributed by atoms with Crippen molar-refractivity contribution in [3.05, 3.63) is 35.4 Å². The van der Waals surface area contributed by atoms with E-state index in [0.717, 1.165) is 18.2 Å². The zero-order valence-corrected chi connectivity index (χ0v) is 17.5. The van der Waals surface area contributed by atoms with Gasteiger partial charge in [-0.1, -0.05) is 12.1 Å². The largest absolute Gasteiger partial charge is 0.448 e. The lowest BCUT2D eigenvalue weighted by Crippen LogP contribution is -2.64. The second kappa shape index (κ2) is 9.44. The molecule has 2 heterocycles. The minimum Gasteiger partial charge on any atom is -0.448 e. The first kappa shape index (κ1) is 24.6. The molecule has 0 saturated carbocycles. The topological polar surface area (TPSA) is 54.4 Å². The quantitative estimate of drug-likeness (QED) is 0.470. The van der Waals surface area contributed by atoms with E-state index in [0.29, 0.717) is 11.1 Å². The second-order valence-electron chi connectivity index (χ2n) is 7.14. The molecule has 3 atom stereocenters. The second-order valence-corrected chi connectivity index (χ2v) is 7.61. The Labute approximate surface area is 184 Å². The summed E-state index contributed by atoms with van der Waals surface area (Å²) in [5.74, 6) is -2.34. The summed E-state index contributed by atoms with van der Waals surface area (Å²) < 4.78 is 92.2. The average molecular weight is 488 g/mol. The van der Waals surface area contributed by atoms with Gasteiger partial charge in [0.25, 0.3) is 0 Å². The van der Waals surface area contributed by atoms with E-state index in [1.807, 2.05) is 0 Å². The maximum atomic E-state index is 14.2. The Morgan fingerprint density at radius 2 is 1.88 bits per heavy atom. The number of halogens is 7. The molecule has 0 bridgehead atoms. The molecule has 1 aromatic carbocycles. The molecular formula is C19H20ClF6N3O3. The first-order valence-electron chi connectivity index (χ1n) is 9.69. The predicted molar refractivity (Wildman–Crippen MR) is 102 cm³/mol. The third kappa shape index (κ3) is 5.12. The van der Waals surface area contributed by atoms with Crippen LogP contribution in [0.3, 0.4) is 0 Å². The molecule has 13 heteroatoms. The van der Waals surface area contributed by atoms with E-state index in [1.165, 1.54) is 11.8 Å². The van der Waals surface area contributed by atoms with Crippen molar-refractivity contribution in [1.82, 2.24) is 9.91 Å². The van der Waals surface area contributed by atoms with Gasteiger partial charge in [-0.15, -0.1) is 11.6 Å². The van der Waals surface area contributed by atoms with Crippen LogP contribution < -0.4 is 0 Å². The molecule has 3 rings (SSSR count). The number of hydrogen-bond donors (Lipinski definition) is 0. The van der Waals surface area contributed by atoms with Crippen molar-refractivity contribution in [2.24, 2.45) is 11.0 Å². The molecule has 2 aliphatic heterocycles. The summed E-state index contributed by atoms with van der Waals surface area (Å²) >= 11 is 6.23. The van der Waals surface area contributed by atoms with Crippen LogP contribution in [0.5, 0.6) is 0 Å². The van der Waals surface area contributed by atoms with Gasteiger partial charge in [-0.2, -0.15) is 36.5 Å². The lowest BCUT2D eigenvalue weighted by molar-refractivity contribution is -0.211. The first-order valence-corrected chi connectivity index (χ1v) is 10.1. The van der Waals surface area contributed by atoms with Crippen molar-refractivity contribution in [3.8, 4) is 0 Å². The SMILES string of the molecule is CCOC(=O)N1N=C(c2cccc(C(F)(F)F)c2)[C@@H](Cl)[C@@H](C(F)(F)F)[C@@H]1N1CCOCC1. The number of alkyl halides is 7. The molecular weight excluding hydrogens is 468 g/mol. The minimum absolute atomic E-state index is 0.0746. The van der Waals surface area contributed by atoms with Crippen molar-refractivity contribution in [3.63, 3.8) is 0 Å². The molecule has 0 aliphatic carbocycles. The first-order chi connectivity index (χ1) is 14.9. The van der Waals surface area contributed by atoms with Crippen molar-refractivity contribution < 1.29 is 40.6 Å². The number of hydrazone groups is 1. The van der Waals surface area contributed by atoms with Crippen LogP contribution in [0.25, 0.3) is 0 Å². The molecule has 1 saturated heterocycles. The number of rotatable bonds is 3. The Morgan fingerprint density at radius 3 is 2.44 bits per heavy atom. The lowest BCUT2D eigenvalue weighted by atomic mass is 9.90. The van der Waals surface area contributed by atoms with Gasteiger partial charge in [-0.25, -0.2) is 4.79 Å². The number of amides is 1. The lowest BCUT2D eigenvalue weighted by Gasteiger charge is -2.46. The number of ether oxygens (including phenoxy) is 2. The summed E-state index contributed by atoms with van der Waals surface area (Å²) in [6.07, 6.45) is -12.4. The Bertz CT molecular complexity index is 857. The molecule has 6 nitrogen and oxygen atoms in total. The summed E-state index contributed by atoms with van der Waals surface area (Å²) in [6, 6.07) is 3.63. The fraction of sp³-hybridized carbons (Fsp3) is 0.579. The van der Waals surface area contributed by atoms with Crippen molar-refractivity contribution in [2.45, 2.75) is 30.8 Å². The van der Waals surface area contributed by atoms with Crippen molar-refractivity contribution in [2.75, 3.05) is 32.9 Å². The van der Waals surface area contributed by atoms with E-state index < -0.39 is 47.2 Å². The minimum atomic E-state index is -4.90. The molecule has 2 aliphatic rings. The van der Waals surface area contributed by atoms with Crippen LogP contribution in [-0.2, 0) is 15.7 Å². The predicted octanol–water partition coefficient (Wildman–Crippen LogP) is 4.33. The van der Waals surface area contributed by atoms with Gasteiger partial charge in [-0.05, 0) is 24.6 Å². The maximum absolute atomic E-state index is 14.2. The molecule has 0 spiro atoms. The van der Waals surface area contributed by atoms with Crippen LogP contribution in [0.2, 0.25) is 0 Å². The molecule has 1 aromatic rings. The van der Waals surface area contributed by atoms with Crippen LogP contribution in [0.15, 0.2) is 29.4 Å². The van der Waals surface area contributed by atoms with Crippen LogP contribution in [0, 0.1) is 5.92 Å². The van der Waals surface area contributed by atoms with Gasteiger partial charge in [0, 0.05) is 13.1 Å². The number of hydrogen-bond acceptors (Lipinski definition) is 5. The third-order valence-corrected chi connectivity index (χ3v) is 5.58. The highest BCUT2D eigenvalue weighted by Gasteiger charge is 2.58. The van der Waals surface area contributed by atoms with E-state index in [2.05, 4.69) is 5.10 Å². The van der Waals surface area contributed by atoms with E-state index >= 15 is 0 Å². The molecule has 0 unspecified atom stereocenters. The molecule has 178 valence electrons. The van der Waals surface area contributed by atoms with E-state index in [9.17, 15) is 31.1 Å². The normalized spacial score (nSPS) is 25.4. The zero-order chi connectivity index (χ0) is 23.7. The number of benzene rings is 1. The van der Waals surface area contributed by atoms with Gasteiger partial charge < -0.3 is 9.47 Å². The number of carbonyl (C=O) groups excluding carboxylic acids is 1. The number of carbonyl (C=O) groups is 1. The van der Waals surface area contributed by atoms with Crippen LogP contribution in [-0.4, -0.2) is 72.3 Å². The Kier molecular flexibility index (Phi) is 7.25. The van der Waals surface area contributed by atoms with Crippen LogP contribution in [0.4, 0.5) is 31.1 Å². The fourth-order valence-corrected chi connectivity index (χ4v) is 4.12. The van der Waals surface area contributed by atoms with Gasteiger partial charge in [0.15, 0.2) is 0 Å². The average Bonchev–Trinajstić information content (AvgIpc) is 2.72. The smallest absolute Gasteiger partial charge is 0.431 e. The highest BCUT2D eigenvalue weighted by molar-refractivity contribution is 6.35. The summed E-state index contributed by atoms with van der Waals surface area (Å²) in [6.45, 7) is 1.75. The Morgan fingerprint density at radius 1 is 1.22 bits per heavy atom. The molecule has 0 radical (unpaired) electrons. The highest BCUT2D eigenvalue weighted by atomic mass is 35.5. The number of morpholine rings is 1. The molecule has 32 heavy (non-hydrogen) atoms. The summed E-state index contributed by atoms with van der Waals surface area (Å²) in [5.41, 5.74) is -1.86. The van der Waals surface area contributed by atoms with Crippen LogP contribution in [0.1, 0.15) is 18.1 Å². The van der Waals surface area contributed by atoms with Crippen LogP contribution >= 0.6 is 11.6 Å². The van der Waals surface area contributed by atoms with Gasteiger partial charge in [-0.3, -0.25) is 4.90 Å². The van der Waals surface area contributed by atoms with Gasteiger partial charge in [0.1, 0.15) is 12.1 Å². The number of nitrogens with zero attached hydrogens (tertiary/aromatic N) is 3. The summed E-state index contributed by atoms with van der Waals surface area (Å²) in [7, 11) is 0. The summed E-state index contributed by atoms with van der Waals surface area (Å²) in [5, 5.41) is 2.67. The fourth-order valence-electron chi connectivity index (χ4n) is 3.67. The zero-order valence-electron chi connectivity index (χ0n) is 16.8. The van der Waals surface area contributed by atoms with Crippen molar-refractivity contribution in [1.29, 1.82) is 0 Å². The third-order valence-electron chi connectivity index (χ3n) is 5.10. The Hall–Kier alpha value is -2.05. The monoisotopic (exact) mass is 487 g/mol. The van der Waals surface area contributed by atoms with E-state index in [-0.39, 0.29) is 38.5 Å². The van der Waals surface area contributed by atoms with Gasteiger partial charge >= 0.3 is 18.4 Å². The molecule has 1 fully saturated rings. The van der Waals surface area contributed by atoms with Gasteiger partial charge in [0.05, 0.1) is 36.5 Å². The van der Waals surface area contributed by atoms with E-state index in [1.54, 1.807) is 0 Å². The maximum Gasteiger partial charge on any atom is 0.431 e. The van der Waals surface area contributed by atoms with E-state index in [4.69, 9.17) is 21.1 Å². The standard InChI is InChI=1S/C19H20ClF6N3O3/c1-2-32-17(30)29-16(28-6-8-31-9-7-28)13(19(24,25)26)14(20)15(27-29)11-4-3-5-12(10-11)18(21,22)23/h3-5,10,13-14,16H,2,6-9H2,1H3/t13-,14+,16-/m1/s1. The van der Waals surface area contributed by atoms with Crippen molar-refractivity contribution >= 4 is 23.4 Å². The molecule has 1 amide bonds. The van der Waals surface area contributed by atoms with Gasteiger partial charge in [0.2, 0.25) is 0 Å².